The predicted molar refractivity (Wildman–Crippen MR) is 87.2 cm³/mol. The van der Waals surface area contributed by atoms with Gasteiger partial charge in [-0.15, -0.1) is 0 Å². The summed E-state index contributed by atoms with van der Waals surface area (Å²) in [6.45, 7) is 14.1. The number of rotatable bonds is 6. The monoisotopic (exact) mass is 281 g/mol. The Balaban J connectivity index is 1.76. The molecule has 0 bridgehead atoms. The van der Waals surface area contributed by atoms with Crippen LogP contribution in [0.25, 0.3) is 0 Å². The van der Waals surface area contributed by atoms with E-state index in [1.807, 2.05) is 0 Å². The SMILES string of the molecule is CCN1CCCC1CN(C)C1CCC1CNC(C)(C)C. The lowest BCUT2D eigenvalue weighted by Gasteiger charge is -2.45. The first-order chi connectivity index (χ1) is 9.40. The molecule has 0 amide bonds. The number of hydrogen-bond acceptors (Lipinski definition) is 3. The molecule has 2 aliphatic rings. The zero-order valence-corrected chi connectivity index (χ0v) is 14.3. The summed E-state index contributed by atoms with van der Waals surface area (Å²) in [6, 6.07) is 1.62. The second kappa shape index (κ2) is 6.76. The summed E-state index contributed by atoms with van der Waals surface area (Å²) >= 11 is 0. The molecule has 118 valence electrons. The lowest BCUT2D eigenvalue weighted by atomic mass is 9.78. The average molecular weight is 281 g/mol. The highest BCUT2D eigenvalue weighted by atomic mass is 15.2. The minimum atomic E-state index is 0.253. The van der Waals surface area contributed by atoms with Crippen molar-refractivity contribution in [3.63, 3.8) is 0 Å². The topological polar surface area (TPSA) is 18.5 Å². The molecule has 0 aromatic rings. The Hall–Kier alpha value is -0.120. The fourth-order valence-electron chi connectivity index (χ4n) is 3.79. The zero-order chi connectivity index (χ0) is 14.8. The van der Waals surface area contributed by atoms with E-state index in [0.29, 0.717) is 0 Å². The van der Waals surface area contributed by atoms with Gasteiger partial charge in [-0.05, 0) is 79.1 Å². The molecular weight excluding hydrogens is 246 g/mol. The first-order valence-corrected chi connectivity index (χ1v) is 8.60. The molecule has 1 saturated carbocycles. The van der Waals surface area contributed by atoms with E-state index >= 15 is 0 Å². The Morgan fingerprint density at radius 1 is 1.20 bits per heavy atom. The van der Waals surface area contributed by atoms with Crippen molar-refractivity contribution in [2.45, 2.75) is 71.0 Å². The molecule has 20 heavy (non-hydrogen) atoms. The van der Waals surface area contributed by atoms with Crippen LogP contribution in [0.4, 0.5) is 0 Å². The minimum absolute atomic E-state index is 0.253. The first-order valence-electron chi connectivity index (χ1n) is 8.60. The highest BCUT2D eigenvalue weighted by molar-refractivity contribution is 4.92. The Morgan fingerprint density at radius 2 is 1.95 bits per heavy atom. The van der Waals surface area contributed by atoms with Crippen molar-refractivity contribution in [1.29, 1.82) is 0 Å². The minimum Gasteiger partial charge on any atom is -0.312 e. The molecule has 3 nitrogen and oxygen atoms in total. The lowest BCUT2D eigenvalue weighted by Crippen LogP contribution is -2.53. The van der Waals surface area contributed by atoms with Crippen molar-refractivity contribution in [2.75, 3.05) is 33.2 Å². The zero-order valence-electron chi connectivity index (χ0n) is 14.3. The summed E-state index contributed by atoms with van der Waals surface area (Å²) in [7, 11) is 2.35. The van der Waals surface area contributed by atoms with Crippen LogP contribution in [-0.2, 0) is 0 Å². The van der Waals surface area contributed by atoms with Gasteiger partial charge in [0, 0.05) is 24.2 Å². The van der Waals surface area contributed by atoms with Crippen LogP contribution in [0.1, 0.15) is 53.4 Å². The average Bonchev–Trinajstić information content (AvgIpc) is 2.73. The summed E-state index contributed by atoms with van der Waals surface area (Å²) in [6.07, 6.45) is 5.59. The van der Waals surface area contributed by atoms with Gasteiger partial charge in [0.15, 0.2) is 0 Å². The van der Waals surface area contributed by atoms with Gasteiger partial charge >= 0.3 is 0 Å². The molecule has 2 rings (SSSR count). The summed E-state index contributed by atoms with van der Waals surface area (Å²) < 4.78 is 0. The second-order valence-corrected chi connectivity index (χ2v) is 7.90. The fraction of sp³-hybridized carbons (Fsp3) is 1.00. The van der Waals surface area contributed by atoms with E-state index in [2.05, 4.69) is 49.9 Å². The Labute approximate surface area is 126 Å². The number of likely N-dealkylation sites (N-methyl/N-ethyl adjacent to an activating group) is 2. The second-order valence-electron chi connectivity index (χ2n) is 7.90. The van der Waals surface area contributed by atoms with Gasteiger partial charge in [-0.1, -0.05) is 6.92 Å². The van der Waals surface area contributed by atoms with Crippen molar-refractivity contribution in [3.05, 3.63) is 0 Å². The van der Waals surface area contributed by atoms with Gasteiger partial charge in [-0.3, -0.25) is 4.90 Å². The molecule has 1 N–H and O–H groups in total. The van der Waals surface area contributed by atoms with E-state index in [0.717, 1.165) is 18.0 Å². The molecule has 1 saturated heterocycles. The third-order valence-corrected chi connectivity index (χ3v) is 5.24. The largest absolute Gasteiger partial charge is 0.312 e. The molecule has 0 aromatic heterocycles. The smallest absolute Gasteiger partial charge is 0.0223 e. The fourth-order valence-corrected chi connectivity index (χ4v) is 3.79. The molecule has 0 radical (unpaired) electrons. The van der Waals surface area contributed by atoms with Crippen LogP contribution in [0.5, 0.6) is 0 Å². The normalized spacial score (nSPS) is 31.8. The molecule has 3 atom stereocenters. The van der Waals surface area contributed by atoms with Crippen molar-refractivity contribution < 1.29 is 0 Å². The van der Waals surface area contributed by atoms with Crippen LogP contribution in [-0.4, -0.2) is 60.6 Å². The van der Waals surface area contributed by atoms with Gasteiger partial charge in [-0.2, -0.15) is 0 Å². The maximum absolute atomic E-state index is 3.69. The third kappa shape index (κ3) is 4.19. The number of nitrogens with one attached hydrogen (secondary N) is 1. The van der Waals surface area contributed by atoms with Crippen LogP contribution in [0.15, 0.2) is 0 Å². The van der Waals surface area contributed by atoms with E-state index in [1.54, 1.807) is 0 Å². The third-order valence-electron chi connectivity index (χ3n) is 5.24. The van der Waals surface area contributed by atoms with Gasteiger partial charge in [0.25, 0.3) is 0 Å². The maximum Gasteiger partial charge on any atom is 0.0223 e. The van der Waals surface area contributed by atoms with Gasteiger partial charge in [0.1, 0.15) is 0 Å². The van der Waals surface area contributed by atoms with Crippen LogP contribution in [0.3, 0.4) is 0 Å². The molecule has 0 spiro atoms. The van der Waals surface area contributed by atoms with Crippen LogP contribution in [0, 0.1) is 5.92 Å². The number of likely N-dealkylation sites (tertiary alicyclic amines) is 1. The number of hydrogen-bond donors (Lipinski definition) is 1. The van der Waals surface area contributed by atoms with E-state index in [-0.39, 0.29) is 5.54 Å². The Morgan fingerprint density at radius 3 is 2.50 bits per heavy atom. The summed E-state index contributed by atoms with van der Waals surface area (Å²) in [4.78, 5) is 5.31. The molecule has 1 aliphatic heterocycles. The summed E-state index contributed by atoms with van der Waals surface area (Å²) in [5.74, 6) is 0.857. The molecule has 1 heterocycles. The van der Waals surface area contributed by atoms with E-state index in [4.69, 9.17) is 0 Å². The van der Waals surface area contributed by atoms with Crippen LogP contribution < -0.4 is 5.32 Å². The molecule has 1 aliphatic carbocycles. The molecule has 2 fully saturated rings. The summed E-state index contributed by atoms with van der Waals surface area (Å²) in [5.41, 5.74) is 0.253. The first kappa shape index (κ1) is 16.3. The highest BCUT2D eigenvalue weighted by Gasteiger charge is 2.36. The van der Waals surface area contributed by atoms with Crippen molar-refractivity contribution in [2.24, 2.45) is 5.92 Å². The van der Waals surface area contributed by atoms with Crippen molar-refractivity contribution >= 4 is 0 Å². The van der Waals surface area contributed by atoms with Gasteiger partial charge in [-0.25, -0.2) is 0 Å². The Bertz CT molecular complexity index is 297. The van der Waals surface area contributed by atoms with Gasteiger partial charge in [0.05, 0.1) is 0 Å². The van der Waals surface area contributed by atoms with Crippen molar-refractivity contribution in [3.8, 4) is 0 Å². The molecular formula is C17H35N3. The van der Waals surface area contributed by atoms with Gasteiger partial charge in [0.2, 0.25) is 0 Å². The molecule has 3 unspecified atom stereocenters. The van der Waals surface area contributed by atoms with Gasteiger partial charge < -0.3 is 10.2 Å². The Kier molecular flexibility index (Phi) is 5.49. The van der Waals surface area contributed by atoms with E-state index < -0.39 is 0 Å². The predicted octanol–water partition coefficient (Wildman–Crippen LogP) is 2.57. The van der Waals surface area contributed by atoms with E-state index in [1.165, 1.54) is 51.9 Å². The van der Waals surface area contributed by atoms with Crippen molar-refractivity contribution in [1.82, 2.24) is 15.1 Å². The molecule has 3 heteroatoms. The maximum atomic E-state index is 3.69. The number of nitrogens with zero attached hydrogens (tertiary/aromatic N) is 2. The van der Waals surface area contributed by atoms with Crippen LogP contribution in [0.2, 0.25) is 0 Å². The highest BCUT2D eigenvalue weighted by Crippen LogP contribution is 2.32. The van der Waals surface area contributed by atoms with Crippen LogP contribution >= 0.6 is 0 Å². The van der Waals surface area contributed by atoms with E-state index in [9.17, 15) is 0 Å². The standard InChI is InChI=1S/C17H35N3/c1-6-20-11-7-8-15(20)13-19(5)16-10-9-14(16)12-18-17(2,3)4/h14-16,18H,6-13H2,1-5H3. The molecule has 0 aromatic carbocycles. The summed E-state index contributed by atoms with van der Waals surface area (Å²) in [5, 5.41) is 3.69. The lowest BCUT2D eigenvalue weighted by molar-refractivity contribution is 0.0596. The quantitative estimate of drug-likeness (QED) is 0.807.